The second kappa shape index (κ2) is 43.0. The van der Waals surface area contributed by atoms with Gasteiger partial charge in [-0.1, -0.05) is 202 Å². The number of hydrogen-bond donors (Lipinski definition) is 3. The van der Waals surface area contributed by atoms with Gasteiger partial charge >= 0.3 is 0 Å². The topological polar surface area (TPSA) is 69.6 Å². The highest BCUT2D eigenvalue weighted by molar-refractivity contribution is 5.76. The monoisotopic (exact) mass is 722 g/mol. The number of carbonyl (C=O) groups is 1. The van der Waals surface area contributed by atoms with Crippen molar-refractivity contribution in [2.24, 2.45) is 0 Å². The quantitative estimate of drug-likeness (QED) is 0.0439. The standard InChI is InChI=1S/C48H83NO3/c1-3-5-7-9-11-13-15-17-19-21-22-23-24-25-26-28-30-32-34-36-38-40-42-44-48(52)49-46(45-50)47(51)43-41-39-37-35-33-31-29-27-20-18-16-14-12-10-8-6-4-2/h5,7,11,13,17,19,22-23,25-26,30,32,41,43,46-47,50-51H,3-4,6,8-10,12,14-16,18,20-21,24,27-29,31,33-40,42,44-45H2,1-2H3,(H,49,52)/b7-5-,13-11-,19-17-,23-22-,26-25-,32-30-,43-41+. The second-order valence-electron chi connectivity index (χ2n) is 14.4. The van der Waals surface area contributed by atoms with E-state index in [4.69, 9.17) is 0 Å². The van der Waals surface area contributed by atoms with Crippen molar-refractivity contribution in [3.63, 3.8) is 0 Å². The molecule has 0 aromatic heterocycles. The number of amides is 1. The molecule has 0 aromatic carbocycles. The molecule has 0 saturated heterocycles. The van der Waals surface area contributed by atoms with Crippen LogP contribution < -0.4 is 5.32 Å². The van der Waals surface area contributed by atoms with Gasteiger partial charge < -0.3 is 15.5 Å². The van der Waals surface area contributed by atoms with Crippen molar-refractivity contribution in [1.29, 1.82) is 0 Å². The Morgan fingerprint density at radius 2 is 0.846 bits per heavy atom. The van der Waals surface area contributed by atoms with E-state index in [0.29, 0.717) is 6.42 Å². The maximum Gasteiger partial charge on any atom is 0.220 e. The number of aliphatic hydroxyl groups is 2. The Balaban J connectivity index is 3.69. The molecule has 0 fully saturated rings. The molecule has 0 heterocycles. The maximum atomic E-state index is 12.4. The zero-order chi connectivity index (χ0) is 37.8. The number of unbranched alkanes of at least 4 members (excludes halogenated alkanes) is 19. The molecule has 0 saturated carbocycles. The number of rotatable bonds is 38. The van der Waals surface area contributed by atoms with Crippen LogP contribution in [0.25, 0.3) is 0 Å². The van der Waals surface area contributed by atoms with E-state index in [-0.39, 0.29) is 12.5 Å². The summed E-state index contributed by atoms with van der Waals surface area (Å²) in [5.41, 5.74) is 0. The molecule has 0 aliphatic rings. The van der Waals surface area contributed by atoms with Gasteiger partial charge in [0.05, 0.1) is 18.8 Å². The lowest BCUT2D eigenvalue weighted by atomic mass is 10.0. The zero-order valence-corrected chi connectivity index (χ0v) is 34.0. The van der Waals surface area contributed by atoms with Crippen LogP contribution in [0.4, 0.5) is 0 Å². The third kappa shape index (κ3) is 38.8. The molecule has 52 heavy (non-hydrogen) atoms. The summed E-state index contributed by atoms with van der Waals surface area (Å²) in [5.74, 6) is -0.0918. The molecule has 0 bridgehead atoms. The van der Waals surface area contributed by atoms with E-state index in [0.717, 1.165) is 83.5 Å². The second-order valence-corrected chi connectivity index (χ2v) is 14.4. The Morgan fingerprint density at radius 3 is 1.27 bits per heavy atom. The molecular formula is C48H83NO3. The van der Waals surface area contributed by atoms with Gasteiger partial charge in [0, 0.05) is 6.42 Å². The number of nitrogens with one attached hydrogen (secondary N) is 1. The van der Waals surface area contributed by atoms with Crippen molar-refractivity contribution in [2.75, 3.05) is 6.61 Å². The van der Waals surface area contributed by atoms with Crippen LogP contribution in [-0.4, -0.2) is 34.9 Å². The van der Waals surface area contributed by atoms with Crippen LogP contribution in [-0.2, 0) is 4.79 Å². The van der Waals surface area contributed by atoms with Crippen LogP contribution in [0.2, 0.25) is 0 Å². The molecule has 0 spiro atoms. The van der Waals surface area contributed by atoms with Crippen molar-refractivity contribution in [1.82, 2.24) is 5.32 Å². The van der Waals surface area contributed by atoms with Crippen molar-refractivity contribution < 1.29 is 15.0 Å². The Bertz CT molecular complexity index is 957. The summed E-state index contributed by atoms with van der Waals surface area (Å²) >= 11 is 0. The van der Waals surface area contributed by atoms with E-state index < -0.39 is 12.1 Å². The van der Waals surface area contributed by atoms with Gasteiger partial charge in [0.25, 0.3) is 0 Å². The van der Waals surface area contributed by atoms with Gasteiger partial charge in [0.2, 0.25) is 5.91 Å². The molecule has 1 amide bonds. The predicted molar refractivity (Wildman–Crippen MR) is 230 cm³/mol. The number of carbonyl (C=O) groups excluding carboxylic acids is 1. The van der Waals surface area contributed by atoms with Crippen LogP contribution in [0.3, 0.4) is 0 Å². The van der Waals surface area contributed by atoms with Gasteiger partial charge in [-0.2, -0.15) is 0 Å². The maximum absolute atomic E-state index is 12.4. The Hall–Kier alpha value is -2.43. The van der Waals surface area contributed by atoms with Crippen LogP contribution in [0, 0.1) is 0 Å². The molecule has 4 nitrogen and oxygen atoms in total. The minimum Gasteiger partial charge on any atom is -0.394 e. The first kappa shape index (κ1) is 49.6. The minimum absolute atomic E-state index is 0.0918. The normalized spacial score (nSPS) is 13.8. The molecule has 0 radical (unpaired) electrons. The molecule has 2 atom stereocenters. The fourth-order valence-corrected chi connectivity index (χ4v) is 6.06. The van der Waals surface area contributed by atoms with Crippen molar-refractivity contribution in [3.8, 4) is 0 Å². The molecule has 0 aliphatic carbocycles. The number of allylic oxidation sites excluding steroid dienone is 13. The molecule has 3 N–H and O–H groups in total. The molecule has 298 valence electrons. The van der Waals surface area contributed by atoms with Crippen LogP contribution in [0.15, 0.2) is 85.1 Å². The first-order valence-electron chi connectivity index (χ1n) is 21.8. The summed E-state index contributed by atoms with van der Waals surface area (Å²) in [7, 11) is 0. The van der Waals surface area contributed by atoms with Crippen LogP contribution in [0.5, 0.6) is 0 Å². The van der Waals surface area contributed by atoms with Gasteiger partial charge in [-0.05, 0) is 70.6 Å². The third-order valence-corrected chi connectivity index (χ3v) is 9.38. The highest BCUT2D eigenvalue weighted by Crippen LogP contribution is 2.14. The Morgan fingerprint density at radius 1 is 0.481 bits per heavy atom. The van der Waals surface area contributed by atoms with Crippen LogP contribution >= 0.6 is 0 Å². The van der Waals surface area contributed by atoms with Crippen molar-refractivity contribution in [2.45, 2.75) is 206 Å². The summed E-state index contributed by atoms with van der Waals surface area (Å²) in [6.07, 6.45) is 62.5. The Kier molecular flexibility index (Phi) is 41.0. The van der Waals surface area contributed by atoms with Crippen LogP contribution in [0.1, 0.15) is 194 Å². The fraction of sp³-hybridized carbons (Fsp3) is 0.688. The molecule has 0 aromatic rings. The van der Waals surface area contributed by atoms with Gasteiger partial charge in [0.1, 0.15) is 0 Å². The molecule has 0 aliphatic heterocycles. The fourth-order valence-electron chi connectivity index (χ4n) is 6.06. The van der Waals surface area contributed by atoms with E-state index in [9.17, 15) is 15.0 Å². The summed E-state index contributed by atoms with van der Waals surface area (Å²) < 4.78 is 0. The summed E-state index contributed by atoms with van der Waals surface area (Å²) in [4.78, 5) is 12.4. The lowest BCUT2D eigenvalue weighted by Crippen LogP contribution is -2.45. The first-order chi connectivity index (χ1) is 25.7. The Labute approximate surface area is 322 Å². The van der Waals surface area contributed by atoms with Crippen molar-refractivity contribution >= 4 is 5.91 Å². The first-order valence-corrected chi connectivity index (χ1v) is 21.8. The largest absolute Gasteiger partial charge is 0.394 e. The molecule has 0 rings (SSSR count). The highest BCUT2D eigenvalue weighted by atomic mass is 16.3. The van der Waals surface area contributed by atoms with Gasteiger partial charge in [-0.25, -0.2) is 0 Å². The SMILES string of the molecule is CC/C=C\C/C=C\C/C=C\C/C=C\C/C=C\C/C=C\CCCCCCC(=O)NC(CO)C(O)/C=C/CCCCCCCCCCCCCCCCC. The molecule has 4 heteroatoms. The predicted octanol–water partition coefficient (Wildman–Crippen LogP) is 13.7. The van der Waals surface area contributed by atoms with Gasteiger partial charge in [0.15, 0.2) is 0 Å². The van der Waals surface area contributed by atoms with E-state index in [1.54, 1.807) is 6.08 Å². The lowest BCUT2D eigenvalue weighted by Gasteiger charge is -2.20. The average Bonchev–Trinajstić information content (AvgIpc) is 3.15. The van der Waals surface area contributed by atoms with Gasteiger partial charge in [-0.15, -0.1) is 0 Å². The smallest absolute Gasteiger partial charge is 0.220 e. The summed E-state index contributed by atoms with van der Waals surface area (Å²) in [5, 5.41) is 23.0. The van der Waals surface area contributed by atoms with E-state index in [1.807, 2.05) is 6.08 Å². The number of aliphatic hydroxyl groups excluding tert-OH is 2. The van der Waals surface area contributed by atoms with E-state index >= 15 is 0 Å². The minimum atomic E-state index is -0.855. The third-order valence-electron chi connectivity index (χ3n) is 9.38. The van der Waals surface area contributed by atoms with Gasteiger partial charge in [-0.3, -0.25) is 4.79 Å². The number of hydrogen-bond acceptors (Lipinski definition) is 3. The highest BCUT2D eigenvalue weighted by Gasteiger charge is 2.17. The van der Waals surface area contributed by atoms with E-state index in [2.05, 4.69) is 92.1 Å². The van der Waals surface area contributed by atoms with E-state index in [1.165, 1.54) is 89.9 Å². The van der Waals surface area contributed by atoms with Crippen molar-refractivity contribution in [3.05, 3.63) is 85.1 Å². The molecular weight excluding hydrogens is 639 g/mol. The summed E-state index contributed by atoms with van der Waals surface area (Å²) in [6, 6.07) is -0.641. The molecule has 2 unspecified atom stereocenters. The average molecular weight is 722 g/mol. The lowest BCUT2D eigenvalue weighted by molar-refractivity contribution is -0.123. The zero-order valence-electron chi connectivity index (χ0n) is 34.0. The summed E-state index contributed by atoms with van der Waals surface area (Å²) in [6.45, 7) is 4.18.